The van der Waals surface area contributed by atoms with Gasteiger partial charge in [-0.3, -0.25) is 4.79 Å². The third-order valence-electron chi connectivity index (χ3n) is 2.28. The summed E-state index contributed by atoms with van der Waals surface area (Å²) in [4.78, 5) is 22.6. The number of unbranched alkanes of at least 4 members (excludes halogenated alkanes) is 4. The van der Waals surface area contributed by atoms with E-state index in [4.69, 9.17) is 4.74 Å². The minimum Gasteiger partial charge on any atom is -0.462 e. The van der Waals surface area contributed by atoms with Gasteiger partial charge in [0.25, 0.3) is 0 Å². The summed E-state index contributed by atoms with van der Waals surface area (Å²) in [7, 11) is 0. The van der Waals surface area contributed by atoms with Crippen molar-refractivity contribution >= 4 is 11.8 Å². The fourth-order valence-electron chi connectivity index (χ4n) is 1.40. The molecule has 0 aromatic heterocycles. The third-order valence-corrected chi connectivity index (χ3v) is 2.28. The summed E-state index contributed by atoms with van der Waals surface area (Å²) in [5.74, 6) is -0.709. The molecule has 0 amide bonds. The largest absolute Gasteiger partial charge is 0.462 e. The molecule has 0 rings (SSSR count). The maximum Gasteiger partial charge on any atom is 0.341 e. The highest BCUT2D eigenvalue weighted by Crippen LogP contribution is 2.07. The summed E-state index contributed by atoms with van der Waals surface area (Å²) >= 11 is 0. The summed E-state index contributed by atoms with van der Waals surface area (Å²) in [5, 5.41) is 0. The highest BCUT2D eigenvalue weighted by molar-refractivity contribution is 6.16. The van der Waals surface area contributed by atoms with Crippen LogP contribution in [0.15, 0.2) is 11.6 Å². The number of hydrogen-bond donors (Lipinski definition) is 0. The second-order valence-corrected chi connectivity index (χ2v) is 3.74. The van der Waals surface area contributed by atoms with E-state index in [1.807, 2.05) is 0 Å². The Kier molecular flexibility index (Phi) is 8.49. The van der Waals surface area contributed by atoms with Crippen molar-refractivity contribution in [1.82, 2.24) is 0 Å². The first-order valence-electron chi connectivity index (χ1n) is 6.01. The molecule has 0 aliphatic carbocycles. The van der Waals surface area contributed by atoms with Crippen molar-refractivity contribution in [3.8, 4) is 0 Å². The molecule has 0 heterocycles. The Hall–Kier alpha value is -1.12. The van der Waals surface area contributed by atoms with Gasteiger partial charge in [-0.25, -0.2) is 4.79 Å². The molecule has 3 nitrogen and oxygen atoms in total. The molecule has 0 saturated carbocycles. The highest BCUT2D eigenvalue weighted by Gasteiger charge is 2.14. The molecular formula is C13H22O3. The third kappa shape index (κ3) is 6.38. The zero-order valence-electron chi connectivity index (χ0n) is 10.5. The van der Waals surface area contributed by atoms with Crippen LogP contribution in [0, 0.1) is 0 Å². The normalized spacial score (nSPS) is 11.3. The summed E-state index contributed by atoms with van der Waals surface area (Å²) in [5.41, 5.74) is 0.193. The van der Waals surface area contributed by atoms with Gasteiger partial charge in [0.1, 0.15) is 0 Å². The number of rotatable bonds is 8. The van der Waals surface area contributed by atoms with E-state index in [-0.39, 0.29) is 11.4 Å². The lowest BCUT2D eigenvalue weighted by molar-refractivity contribution is -0.139. The fourth-order valence-corrected chi connectivity index (χ4v) is 1.40. The molecule has 0 saturated heterocycles. The number of carbonyl (C=O) groups excluding carboxylic acids is 2. The second-order valence-electron chi connectivity index (χ2n) is 3.74. The molecule has 0 radical (unpaired) electrons. The van der Waals surface area contributed by atoms with Crippen LogP contribution >= 0.6 is 0 Å². The van der Waals surface area contributed by atoms with E-state index in [2.05, 4.69) is 6.92 Å². The summed E-state index contributed by atoms with van der Waals surface area (Å²) in [6.45, 7) is 5.58. The molecule has 0 bridgehead atoms. The topological polar surface area (TPSA) is 43.4 Å². The molecule has 0 unspecified atom stereocenters. The lowest BCUT2D eigenvalue weighted by Crippen LogP contribution is -2.13. The van der Waals surface area contributed by atoms with Gasteiger partial charge in [-0.15, -0.1) is 0 Å². The molecular weight excluding hydrogens is 204 g/mol. The Morgan fingerprint density at radius 3 is 2.31 bits per heavy atom. The number of allylic oxidation sites excluding steroid dienone is 1. The summed E-state index contributed by atoms with van der Waals surface area (Å²) in [6, 6.07) is 0. The standard InChI is InChI=1S/C13H22O3/c1-4-6-7-8-9-10-12(11(3)14)13(15)16-5-2/h10H,4-9H2,1-3H3/b12-10-. The molecule has 16 heavy (non-hydrogen) atoms. The van der Waals surface area contributed by atoms with Crippen LogP contribution in [0.25, 0.3) is 0 Å². The zero-order valence-corrected chi connectivity index (χ0v) is 10.5. The molecule has 0 fully saturated rings. The van der Waals surface area contributed by atoms with Crippen molar-refractivity contribution in [3.05, 3.63) is 11.6 Å². The maximum atomic E-state index is 11.4. The van der Waals surface area contributed by atoms with Crippen LogP contribution in [0.5, 0.6) is 0 Å². The van der Waals surface area contributed by atoms with Crippen LogP contribution in [0.1, 0.15) is 52.9 Å². The molecule has 3 heteroatoms. The van der Waals surface area contributed by atoms with Crippen molar-refractivity contribution in [2.24, 2.45) is 0 Å². The van der Waals surface area contributed by atoms with Gasteiger partial charge in [0.05, 0.1) is 12.2 Å². The minimum absolute atomic E-state index is 0.193. The minimum atomic E-state index is -0.495. The van der Waals surface area contributed by atoms with Gasteiger partial charge in [-0.2, -0.15) is 0 Å². The fraction of sp³-hybridized carbons (Fsp3) is 0.692. The predicted octanol–water partition coefficient (Wildman–Crippen LogP) is 3.04. The summed E-state index contributed by atoms with van der Waals surface area (Å²) < 4.78 is 4.82. The average Bonchev–Trinajstić information content (AvgIpc) is 2.23. The number of esters is 1. The number of ether oxygens (including phenoxy) is 1. The Balaban J connectivity index is 4.15. The first kappa shape index (κ1) is 14.9. The maximum absolute atomic E-state index is 11.4. The molecule has 0 aliphatic rings. The van der Waals surface area contributed by atoms with Crippen molar-refractivity contribution in [1.29, 1.82) is 0 Å². The molecule has 0 aliphatic heterocycles. The van der Waals surface area contributed by atoms with E-state index in [9.17, 15) is 9.59 Å². The predicted molar refractivity (Wildman–Crippen MR) is 64.2 cm³/mol. The van der Waals surface area contributed by atoms with Gasteiger partial charge >= 0.3 is 5.97 Å². The Bertz CT molecular complexity index is 254. The molecule has 0 aromatic rings. The van der Waals surface area contributed by atoms with E-state index in [1.165, 1.54) is 19.8 Å². The van der Waals surface area contributed by atoms with Crippen LogP contribution in [0.3, 0.4) is 0 Å². The van der Waals surface area contributed by atoms with Crippen LogP contribution in [-0.4, -0.2) is 18.4 Å². The summed E-state index contributed by atoms with van der Waals surface area (Å²) in [6.07, 6.45) is 7.01. The number of carbonyl (C=O) groups is 2. The second kappa shape index (κ2) is 9.13. The number of ketones is 1. The lowest BCUT2D eigenvalue weighted by atomic mass is 10.1. The Morgan fingerprint density at radius 2 is 1.81 bits per heavy atom. The molecule has 92 valence electrons. The van der Waals surface area contributed by atoms with Crippen LogP contribution < -0.4 is 0 Å². The van der Waals surface area contributed by atoms with Gasteiger partial charge in [-0.1, -0.05) is 32.3 Å². The van der Waals surface area contributed by atoms with Gasteiger partial charge < -0.3 is 4.74 Å². The van der Waals surface area contributed by atoms with Crippen molar-refractivity contribution in [2.75, 3.05) is 6.61 Å². The van der Waals surface area contributed by atoms with E-state index in [0.717, 1.165) is 19.3 Å². The van der Waals surface area contributed by atoms with Gasteiger partial charge in [0.15, 0.2) is 5.78 Å². The van der Waals surface area contributed by atoms with E-state index in [1.54, 1.807) is 13.0 Å². The van der Waals surface area contributed by atoms with E-state index >= 15 is 0 Å². The van der Waals surface area contributed by atoms with Crippen molar-refractivity contribution in [3.63, 3.8) is 0 Å². The smallest absolute Gasteiger partial charge is 0.341 e. The molecule has 0 aromatic carbocycles. The monoisotopic (exact) mass is 226 g/mol. The van der Waals surface area contributed by atoms with Crippen molar-refractivity contribution in [2.45, 2.75) is 52.9 Å². The molecule has 0 atom stereocenters. The van der Waals surface area contributed by atoms with Gasteiger partial charge in [0, 0.05) is 0 Å². The van der Waals surface area contributed by atoms with Crippen LogP contribution in [-0.2, 0) is 14.3 Å². The Labute approximate surface area is 97.9 Å². The number of hydrogen-bond acceptors (Lipinski definition) is 3. The quantitative estimate of drug-likeness (QED) is 0.210. The number of Topliss-reactive ketones (excluding diaryl/α,β-unsaturated/α-hetero) is 1. The SMILES string of the molecule is CCCCCC/C=C(/C(C)=O)C(=O)OCC. The van der Waals surface area contributed by atoms with Crippen molar-refractivity contribution < 1.29 is 14.3 Å². The van der Waals surface area contributed by atoms with Crippen LogP contribution in [0.2, 0.25) is 0 Å². The zero-order chi connectivity index (χ0) is 12.4. The Morgan fingerprint density at radius 1 is 1.12 bits per heavy atom. The lowest BCUT2D eigenvalue weighted by Gasteiger charge is -2.03. The van der Waals surface area contributed by atoms with Gasteiger partial charge in [0.2, 0.25) is 0 Å². The average molecular weight is 226 g/mol. The molecule has 0 spiro atoms. The van der Waals surface area contributed by atoms with E-state index < -0.39 is 5.97 Å². The highest BCUT2D eigenvalue weighted by atomic mass is 16.5. The first-order valence-corrected chi connectivity index (χ1v) is 6.01. The van der Waals surface area contributed by atoms with Crippen LogP contribution in [0.4, 0.5) is 0 Å². The van der Waals surface area contributed by atoms with Gasteiger partial charge in [-0.05, 0) is 26.7 Å². The van der Waals surface area contributed by atoms with E-state index in [0.29, 0.717) is 6.61 Å². The first-order chi connectivity index (χ1) is 7.63. The molecule has 0 N–H and O–H groups in total.